The lowest BCUT2D eigenvalue weighted by atomic mass is 10.0. The maximum Gasteiger partial charge on any atom is 0.331 e. The molecule has 3 rings (SSSR count). The fourth-order valence-electron chi connectivity index (χ4n) is 2.79. The normalized spacial score (nSPS) is 10.6. The average Bonchev–Trinajstić information content (AvgIpc) is 2.78. The Balaban J connectivity index is 1.57. The second-order valence-electron chi connectivity index (χ2n) is 6.33. The maximum atomic E-state index is 12.2. The Kier molecular flexibility index (Phi) is 6.84. The summed E-state index contributed by atoms with van der Waals surface area (Å²) in [7, 11) is 1.44. The first-order valence-electron chi connectivity index (χ1n) is 9.23. The topological polar surface area (TPSA) is 84.9 Å². The molecule has 0 radical (unpaired) electrons. The standard InChI is InChI=1S/C24H21NO5/c1-29-22-15-17(11-13-21(22)26)12-14-24(28)30-16-23(27)25-20-10-6-5-9-19(20)18-7-3-2-4-8-18/h2-15,26H,16H2,1H3,(H,25,27). The number of benzene rings is 3. The highest BCUT2D eigenvalue weighted by Gasteiger charge is 2.10. The summed E-state index contributed by atoms with van der Waals surface area (Å²) < 4.78 is 10.0. The summed E-state index contributed by atoms with van der Waals surface area (Å²) in [6, 6.07) is 21.7. The molecule has 1 amide bonds. The van der Waals surface area contributed by atoms with Crippen LogP contribution in [0.15, 0.2) is 78.9 Å². The molecular weight excluding hydrogens is 382 g/mol. The molecule has 152 valence electrons. The smallest absolute Gasteiger partial charge is 0.331 e. The summed E-state index contributed by atoms with van der Waals surface area (Å²) in [4.78, 5) is 24.2. The van der Waals surface area contributed by atoms with E-state index in [-0.39, 0.29) is 5.75 Å². The van der Waals surface area contributed by atoms with Gasteiger partial charge < -0.3 is 19.9 Å². The molecule has 0 heterocycles. The molecule has 0 aliphatic rings. The molecule has 0 atom stereocenters. The van der Waals surface area contributed by atoms with E-state index in [2.05, 4.69) is 5.32 Å². The number of ether oxygens (including phenoxy) is 2. The predicted octanol–water partition coefficient (Wildman–Crippen LogP) is 4.26. The molecule has 0 saturated heterocycles. The lowest BCUT2D eigenvalue weighted by molar-refractivity contribution is -0.142. The Labute approximate surface area is 174 Å². The van der Waals surface area contributed by atoms with Gasteiger partial charge in [-0.1, -0.05) is 54.6 Å². The van der Waals surface area contributed by atoms with Crippen molar-refractivity contribution in [2.45, 2.75) is 0 Å². The van der Waals surface area contributed by atoms with Crippen molar-refractivity contribution in [3.05, 3.63) is 84.4 Å². The number of rotatable bonds is 7. The largest absolute Gasteiger partial charge is 0.504 e. The Morgan fingerprint density at radius 3 is 2.50 bits per heavy atom. The molecule has 2 N–H and O–H groups in total. The number of anilines is 1. The van der Waals surface area contributed by atoms with Crippen molar-refractivity contribution in [2.75, 3.05) is 19.0 Å². The van der Waals surface area contributed by atoms with Gasteiger partial charge in [-0.25, -0.2) is 4.79 Å². The van der Waals surface area contributed by atoms with Gasteiger partial charge >= 0.3 is 5.97 Å². The van der Waals surface area contributed by atoms with E-state index in [4.69, 9.17) is 9.47 Å². The SMILES string of the molecule is COc1cc(C=CC(=O)OCC(=O)Nc2ccccc2-c2ccccc2)ccc1O. The number of phenols is 1. The predicted molar refractivity (Wildman–Crippen MR) is 115 cm³/mol. The number of nitrogens with one attached hydrogen (secondary N) is 1. The summed E-state index contributed by atoms with van der Waals surface area (Å²) in [5.74, 6) is -0.799. The Morgan fingerprint density at radius 1 is 1.00 bits per heavy atom. The second kappa shape index (κ2) is 9.93. The van der Waals surface area contributed by atoms with Crippen molar-refractivity contribution in [3.8, 4) is 22.6 Å². The van der Waals surface area contributed by atoms with Crippen LogP contribution in [0.4, 0.5) is 5.69 Å². The minimum absolute atomic E-state index is 0.00433. The number of carbonyl (C=O) groups excluding carboxylic acids is 2. The Hall–Kier alpha value is -4.06. The molecule has 3 aromatic rings. The number of esters is 1. The first kappa shape index (κ1) is 20.7. The summed E-state index contributed by atoms with van der Waals surface area (Å²) in [6.07, 6.45) is 2.71. The van der Waals surface area contributed by atoms with Crippen LogP contribution in [0.3, 0.4) is 0 Å². The van der Waals surface area contributed by atoms with Gasteiger partial charge in [0.25, 0.3) is 5.91 Å². The molecule has 6 heteroatoms. The highest BCUT2D eigenvalue weighted by atomic mass is 16.5. The second-order valence-corrected chi connectivity index (χ2v) is 6.33. The van der Waals surface area contributed by atoms with E-state index in [9.17, 15) is 14.7 Å². The molecule has 30 heavy (non-hydrogen) atoms. The van der Waals surface area contributed by atoms with E-state index >= 15 is 0 Å². The Morgan fingerprint density at radius 2 is 1.73 bits per heavy atom. The van der Waals surface area contributed by atoms with Crippen LogP contribution in [0.2, 0.25) is 0 Å². The van der Waals surface area contributed by atoms with E-state index in [1.165, 1.54) is 25.3 Å². The molecule has 0 fully saturated rings. The number of amides is 1. The lowest BCUT2D eigenvalue weighted by Crippen LogP contribution is -2.20. The fourth-order valence-corrected chi connectivity index (χ4v) is 2.79. The van der Waals surface area contributed by atoms with E-state index in [0.717, 1.165) is 11.1 Å². The minimum Gasteiger partial charge on any atom is -0.504 e. The molecule has 3 aromatic carbocycles. The molecule has 0 aliphatic carbocycles. The zero-order valence-electron chi connectivity index (χ0n) is 16.4. The molecular formula is C24H21NO5. The third-order valence-electron chi connectivity index (χ3n) is 4.25. The van der Waals surface area contributed by atoms with Gasteiger partial charge in [0.15, 0.2) is 18.1 Å². The van der Waals surface area contributed by atoms with Gasteiger partial charge in [-0.15, -0.1) is 0 Å². The van der Waals surface area contributed by atoms with Crippen LogP contribution in [-0.4, -0.2) is 30.7 Å². The molecule has 0 aromatic heterocycles. The van der Waals surface area contributed by atoms with E-state index < -0.39 is 18.5 Å². The van der Waals surface area contributed by atoms with Gasteiger partial charge in [0, 0.05) is 17.3 Å². The van der Waals surface area contributed by atoms with Crippen LogP contribution in [0.5, 0.6) is 11.5 Å². The summed E-state index contributed by atoms with van der Waals surface area (Å²) >= 11 is 0. The van der Waals surface area contributed by atoms with Crippen LogP contribution in [-0.2, 0) is 14.3 Å². The highest BCUT2D eigenvalue weighted by molar-refractivity contribution is 5.97. The van der Waals surface area contributed by atoms with Crippen molar-refractivity contribution >= 4 is 23.6 Å². The van der Waals surface area contributed by atoms with Gasteiger partial charge in [-0.2, -0.15) is 0 Å². The summed E-state index contributed by atoms with van der Waals surface area (Å²) in [5.41, 5.74) is 3.12. The number of carbonyl (C=O) groups is 2. The molecule has 0 saturated carbocycles. The number of hydrogen-bond donors (Lipinski definition) is 2. The van der Waals surface area contributed by atoms with E-state index in [1.54, 1.807) is 18.2 Å². The third kappa shape index (κ3) is 5.48. The monoisotopic (exact) mass is 403 g/mol. The van der Waals surface area contributed by atoms with Crippen molar-refractivity contribution < 1.29 is 24.2 Å². The van der Waals surface area contributed by atoms with Gasteiger partial charge in [-0.05, 0) is 35.4 Å². The van der Waals surface area contributed by atoms with Gasteiger partial charge in [0.05, 0.1) is 7.11 Å². The van der Waals surface area contributed by atoms with Crippen LogP contribution in [0, 0.1) is 0 Å². The highest BCUT2D eigenvalue weighted by Crippen LogP contribution is 2.28. The van der Waals surface area contributed by atoms with E-state index in [1.807, 2.05) is 48.5 Å². The number of phenolic OH excluding ortho intramolecular Hbond substituents is 1. The maximum absolute atomic E-state index is 12.2. The third-order valence-corrected chi connectivity index (χ3v) is 4.25. The van der Waals surface area contributed by atoms with Crippen LogP contribution in [0.25, 0.3) is 17.2 Å². The number of para-hydroxylation sites is 1. The van der Waals surface area contributed by atoms with Gasteiger partial charge in [0.2, 0.25) is 0 Å². The molecule has 0 spiro atoms. The van der Waals surface area contributed by atoms with Crippen LogP contribution >= 0.6 is 0 Å². The number of hydrogen-bond acceptors (Lipinski definition) is 5. The molecule has 0 unspecified atom stereocenters. The van der Waals surface area contributed by atoms with E-state index in [0.29, 0.717) is 17.0 Å². The van der Waals surface area contributed by atoms with Gasteiger partial charge in [-0.3, -0.25) is 4.79 Å². The van der Waals surface area contributed by atoms with Crippen molar-refractivity contribution in [1.82, 2.24) is 0 Å². The molecule has 0 bridgehead atoms. The zero-order valence-corrected chi connectivity index (χ0v) is 16.4. The first-order valence-corrected chi connectivity index (χ1v) is 9.23. The number of methoxy groups -OCH3 is 1. The summed E-state index contributed by atoms with van der Waals surface area (Å²) in [5, 5.41) is 12.4. The molecule has 6 nitrogen and oxygen atoms in total. The lowest BCUT2D eigenvalue weighted by Gasteiger charge is -2.11. The quantitative estimate of drug-likeness (QED) is 0.455. The van der Waals surface area contributed by atoms with Crippen molar-refractivity contribution in [2.24, 2.45) is 0 Å². The number of aromatic hydroxyl groups is 1. The van der Waals surface area contributed by atoms with Crippen molar-refractivity contribution in [3.63, 3.8) is 0 Å². The first-order chi connectivity index (χ1) is 14.6. The fraction of sp³-hybridized carbons (Fsp3) is 0.0833. The summed E-state index contributed by atoms with van der Waals surface area (Å²) in [6.45, 7) is -0.412. The molecule has 0 aliphatic heterocycles. The minimum atomic E-state index is -0.659. The van der Waals surface area contributed by atoms with Gasteiger partial charge in [0.1, 0.15) is 0 Å². The van der Waals surface area contributed by atoms with Crippen molar-refractivity contribution in [1.29, 1.82) is 0 Å². The van der Waals surface area contributed by atoms with Crippen LogP contribution in [0.1, 0.15) is 5.56 Å². The average molecular weight is 403 g/mol. The van der Waals surface area contributed by atoms with Crippen LogP contribution < -0.4 is 10.1 Å². The zero-order chi connectivity index (χ0) is 21.3. The Bertz CT molecular complexity index is 1060.